The largest absolute Gasteiger partial charge is 0.497 e. The molecule has 1 aromatic carbocycles. The SMILES string of the molecule is COc1ccc2c(c1)CC(C(=O)N(CCC(=O)O)CC(C)C)CO2. The molecule has 0 saturated carbocycles. The molecule has 0 saturated heterocycles. The Bertz CT molecular complexity index is 599. The van der Waals surface area contributed by atoms with Crippen LogP contribution in [0.5, 0.6) is 11.5 Å². The molecule has 0 bridgehead atoms. The van der Waals surface area contributed by atoms with Gasteiger partial charge in [0.25, 0.3) is 0 Å². The van der Waals surface area contributed by atoms with Crippen LogP contribution in [0.4, 0.5) is 0 Å². The van der Waals surface area contributed by atoms with Crippen molar-refractivity contribution in [1.82, 2.24) is 4.90 Å². The standard InChI is InChI=1S/C18H25NO5/c1-12(2)10-19(7-6-17(20)21)18(22)14-8-13-9-15(23-3)4-5-16(13)24-11-14/h4-5,9,12,14H,6-8,10-11H2,1-3H3,(H,20,21). The number of amides is 1. The molecular weight excluding hydrogens is 310 g/mol. The highest BCUT2D eigenvalue weighted by Crippen LogP contribution is 2.31. The Labute approximate surface area is 142 Å². The van der Waals surface area contributed by atoms with Gasteiger partial charge in [-0.05, 0) is 36.1 Å². The second-order valence-corrected chi connectivity index (χ2v) is 6.51. The maximum atomic E-state index is 12.8. The molecule has 0 aliphatic carbocycles. The number of methoxy groups -OCH3 is 1. The molecule has 2 rings (SSSR count). The zero-order chi connectivity index (χ0) is 17.7. The summed E-state index contributed by atoms with van der Waals surface area (Å²) in [5, 5.41) is 8.90. The predicted molar refractivity (Wildman–Crippen MR) is 89.4 cm³/mol. The van der Waals surface area contributed by atoms with Crippen molar-refractivity contribution in [3.8, 4) is 11.5 Å². The van der Waals surface area contributed by atoms with Gasteiger partial charge < -0.3 is 19.5 Å². The molecule has 0 aromatic heterocycles. The molecule has 1 aromatic rings. The zero-order valence-electron chi connectivity index (χ0n) is 14.4. The summed E-state index contributed by atoms with van der Waals surface area (Å²) in [5.74, 6) is 0.554. The number of nitrogens with zero attached hydrogens (tertiary/aromatic N) is 1. The van der Waals surface area contributed by atoms with E-state index in [2.05, 4.69) is 0 Å². The van der Waals surface area contributed by atoms with Crippen LogP contribution in [0.3, 0.4) is 0 Å². The fourth-order valence-corrected chi connectivity index (χ4v) is 2.88. The summed E-state index contributed by atoms with van der Waals surface area (Å²) in [5.41, 5.74) is 0.946. The maximum Gasteiger partial charge on any atom is 0.305 e. The number of carbonyl (C=O) groups is 2. The number of benzene rings is 1. The molecule has 1 N–H and O–H groups in total. The van der Waals surface area contributed by atoms with Gasteiger partial charge in [0.15, 0.2) is 0 Å². The van der Waals surface area contributed by atoms with E-state index in [-0.39, 0.29) is 30.7 Å². The van der Waals surface area contributed by atoms with Gasteiger partial charge in [-0.1, -0.05) is 13.8 Å². The highest BCUT2D eigenvalue weighted by molar-refractivity contribution is 5.80. The van der Waals surface area contributed by atoms with Gasteiger partial charge in [0, 0.05) is 13.1 Å². The van der Waals surface area contributed by atoms with Crippen molar-refractivity contribution < 1.29 is 24.2 Å². The van der Waals surface area contributed by atoms with E-state index in [9.17, 15) is 9.59 Å². The van der Waals surface area contributed by atoms with Crippen molar-refractivity contribution in [1.29, 1.82) is 0 Å². The summed E-state index contributed by atoms with van der Waals surface area (Å²) in [6, 6.07) is 5.57. The third kappa shape index (κ3) is 4.63. The van der Waals surface area contributed by atoms with E-state index in [4.69, 9.17) is 14.6 Å². The van der Waals surface area contributed by atoms with Crippen LogP contribution < -0.4 is 9.47 Å². The normalized spacial score (nSPS) is 16.2. The van der Waals surface area contributed by atoms with Crippen LogP contribution in [0.25, 0.3) is 0 Å². The van der Waals surface area contributed by atoms with E-state index in [1.807, 2.05) is 32.0 Å². The minimum absolute atomic E-state index is 0.0431. The second kappa shape index (κ2) is 8.04. The average Bonchev–Trinajstić information content (AvgIpc) is 2.56. The predicted octanol–water partition coefficient (Wildman–Crippen LogP) is 2.21. The molecule has 1 unspecified atom stereocenters. The van der Waals surface area contributed by atoms with Gasteiger partial charge in [0.2, 0.25) is 5.91 Å². The summed E-state index contributed by atoms with van der Waals surface area (Å²) < 4.78 is 10.9. The number of ether oxygens (including phenoxy) is 2. The summed E-state index contributed by atoms with van der Waals surface area (Å²) in [7, 11) is 1.60. The lowest BCUT2D eigenvalue weighted by molar-refractivity contribution is -0.140. The molecule has 6 heteroatoms. The number of carboxylic acids is 1. The van der Waals surface area contributed by atoms with E-state index in [0.717, 1.165) is 17.1 Å². The number of carboxylic acid groups (broad SMARTS) is 1. The Morgan fingerprint density at radius 3 is 2.79 bits per heavy atom. The van der Waals surface area contributed by atoms with Crippen LogP contribution in [-0.4, -0.2) is 48.7 Å². The first-order valence-corrected chi connectivity index (χ1v) is 8.21. The van der Waals surface area contributed by atoms with Crippen LogP contribution in [0.15, 0.2) is 18.2 Å². The third-order valence-electron chi connectivity index (χ3n) is 4.02. The third-order valence-corrected chi connectivity index (χ3v) is 4.02. The average molecular weight is 335 g/mol. The molecule has 0 radical (unpaired) electrons. The first-order valence-electron chi connectivity index (χ1n) is 8.21. The molecule has 1 amide bonds. The lowest BCUT2D eigenvalue weighted by Gasteiger charge is -2.31. The Kier molecular flexibility index (Phi) is 6.06. The lowest BCUT2D eigenvalue weighted by Crippen LogP contribution is -2.43. The number of fused-ring (bicyclic) bond motifs is 1. The maximum absolute atomic E-state index is 12.8. The number of rotatable bonds is 7. The minimum atomic E-state index is -0.897. The molecule has 132 valence electrons. The Balaban J connectivity index is 2.10. The van der Waals surface area contributed by atoms with Gasteiger partial charge in [0.1, 0.15) is 18.1 Å². The highest BCUT2D eigenvalue weighted by atomic mass is 16.5. The number of aliphatic carboxylic acids is 1. The Hall–Kier alpha value is -2.24. The second-order valence-electron chi connectivity index (χ2n) is 6.51. The first-order chi connectivity index (χ1) is 11.4. The summed E-state index contributed by atoms with van der Waals surface area (Å²) in [4.78, 5) is 25.3. The summed E-state index contributed by atoms with van der Waals surface area (Å²) in [6.07, 6.45) is 0.531. The number of hydrogen-bond acceptors (Lipinski definition) is 4. The monoisotopic (exact) mass is 335 g/mol. The van der Waals surface area contributed by atoms with Crippen molar-refractivity contribution >= 4 is 11.9 Å². The van der Waals surface area contributed by atoms with Gasteiger partial charge in [-0.15, -0.1) is 0 Å². The number of carbonyl (C=O) groups excluding carboxylic acids is 1. The molecular formula is C18H25NO5. The quantitative estimate of drug-likeness (QED) is 0.827. The van der Waals surface area contributed by atoms with Crippen molar-refractivity contribution in [3.05, 3.63) is 23.8 Å². The Morgan fingerprint density at radius 2 is 2.17 bits per heavy atom. The van der Waals surface area contributed by atoms with E-state index in [1.165, 1.54) is 0 Å². The van der Waals surface area contributed by atoms with E-state index < -0.39 is 5.97 Å². The molecule has 0 spiro atoms. The smallest absolute Gasteiger partial charge is 0.305 e. The minimum Gasteiger partial charge on any atom is -0.497 e. The fraction of sp³-hybridized carbons (Fsp3) is 0.556. The lowest BCUT2D eigenvalue weighted by atomic mass is 9.95. The topological polar surface area (TPSA) is 76.1 Å². The van der Waals surface area contributed by atoms with Crippen LogP contribution in [0.1, 0.15) is 25.8 Å². The molecule has 1 aliphatic rings. The molecule has 1 aliphatic heterocycles. The van der Waals surface area contributed by atoms with Crippen molar-refractivity contribution in [2.24, 2.45) is 11.8 Å². The summed E-state index contributed by atoms with van der Waals surface area (Å²) >= 11 is 0. The van der Waals surface area contributed by atoms with Gasteiger partial charge >= 0.3 is 5.97 Å². The Morgan fingerprint density at radius 1 is 1.42 bits per heavy atom. The molecule has 0 fully saturated rings. The molecule has 24 heavy (non-hydrogen) atoms. The van der Waals surface area contributed by atoms with Crippen molar-refractivity contribution in [2.45, 2.75) is 26.7 Å². The molecule has 1 heterocycles. The summed E-state index contributed by atoms with van der Waals surface area (Å²) in [6.45, 7) is 5.12. The van der Waals surface area contributed by atoms with E-state index >= 15 is 0 Å². The fourth-order valence-electron chi connectivity index (χ4n) is 2.88. The highest BCUT2D eigenvalue weighted by Gasteiger charge is 2.30. The first kappa shape index (κ1) is 18.1. The van der Waals surface area contributed by atoms with Crippen LogP contribution in [0, 0.1) is 11.8 Å². The van der Waals surface area contributed by atoms with Gasteiger partial charge in [-0.2, -0.15) is 0 Å². The van der Waals surface area contributed by atoms with Gasteiger partial charge in [-0.3, -0.25) is 9.59 Å². The number of hydrogen-bond donors (Lipinski definition) is 1. The van der Waals surface area contributed by atoms with Crippen LogP contribution in [0.2, 0.25) is 0 Å². The van der Waals surface area contributed by atoms with Crippen LogP contribution in [-0.2, 0) is 16.0 Å². The zero-order valence-corrected chi connectivity index (χ0v) is 14.4. The van der Waals surface area contributed by atoms with Gasteiger partial charge in [0.05, 0.1) is 19.4 Å². The van der Waals surface area contributed by atoms with Crippen molar-refractivity contribution in [2.75, 3.05) is 26.8 Å². The molecule has 6 nitrogen and oxygen atoms in total. The van der Waals surface area contributed by atoms with Crippen LogP contribution >= 0.6 is 0 Å². The van der Waals surface area contributed by atoms with Crippen molar-refractivity contribution in [3.63, 3.8) is 0 Å². The van der Waals surface area contributed by atoms with Gasteiger partial charge in [-0.25, -0.2) is 0 Å². The van der Waals surface area contributed by atoms with E-state index in [1.54, 1.807) is 12.0 Å². The molecule has 1 atom stereocenters. The van der Waals surface area contributed by atoms with E-state index in [0.29, 0.717) is 19.6 Å².